The van der Waals surface area contributed by atoms with E-state index in [1.165, 1.54) is 0 Å². The molecule has 3 nitrogen and oxygen atoms in total. The molecule has 0 heterocycles. The van der Waals surface area contributed by atoms with Gasteiger partial charge in [-0.15, -0.1) is 13.2 Å². The minimum atomic E-state index is -0.724. The Hall–Kier alpha value is -1.09. The first-order valence-electron chi connectivity index (χ1n) is 5.85. The normalized spacial score (nSPS) is 10.3. The molecule has 0 aliphatic carbocycles. The lowest BCUT2D eigenvalue weighted by atomic mass is 9.97. The molecular formula is C13H23NO2. The van der Waals surface area contributed by atoms with E-state index >= 15 is 0 Å². The summed E-state index contributed by atoms with van der Waals surface area (Å²) in [5, 5.41) is 11.7. The molecule has 92 valence electrons. The standard InChI is InChI=1S/C13H23NO2/c1-3-6-12(7-4-2)9-11-14-10-5-8-13(15)16/h3-4,12,14H,1-2,5-11H2,(H,15,16). The fourth-order valence-electron chi connectivity index (χ4n) is 1.60. The van der Waals surface area contributed by atoms with Gasteiger partial charge in [0.15, 0.2) is 0 Å². The summed E-state index contributed by atoms with van der Waals surface area (Å²) in [6.45, 7) is 9.20. The van der Waals surface area contributed by atoms with E-state index in [1.54, 1.807) is 0 Å². The Balaban J connectivity index is 3.42. The van der Waals surface area contributed by atoms with E-state index in [2.05, 4.69) is 18.5 Å². The highest BCUT2D eigenvalue weighted by atomic mass is 16.4. The molecule has 2 N–H and O–H groups in total. The third-order valence-corrected chi connectivity index (χ3v) is 2.47. The van der Waals surface area contributed by atoms with Crippen LogP contribution in [-0.2, 0) is 4.79 Å². The summed E-state index contributed by atoms with van der Waals surface area (Å²) in [4.78, 5) is 10.3. The van der Waals surface area contributed by atoms with Crippen molar-refractivity contribution in [1.29, 1.82) is 0 Å². The van der Waals surface area contributed by atoms with Crippen LogP contribution in [0.2, 0.25) is 0 Å². The SMILES string of the molecule is C=CCC(CC=C)CCNCCCC(=O)O. The highest BCUT2D eigenvalue weighted by molar-refractivity contribution is 5.66. The van der Waals surface area contributed by atoms with Crippen molar-refractivity contribution in [2.75, 3.05) is 13.1 Å². The zero-order valence-corrected chi connectivity index (χ0v) is 9.95. The number of carbonyl (C=O) groups is 1. The Morgan fingerprint density at radius 3 is 2.38 bits per heavy atom. The molecule has 3 heteroatoms. The summed E-state index contributed by atoms with van der Waals surface area (Å²) >= 11 is 0. The molecule has 0 radical (unpaired) electrons. The van der Waals surface area contributed by atoms with E-state index in [1.807, 2.05) is 12.2 Å². The Morgan fingerprint density at radius 1 is 1.25 bits per heavy atom. The third kappa shape index (κ3) is 9.46. The molecule has 0 saturated carbocycles. The number of aliphatic carboxylic acids is 1. The molecule has 0 aliphatic rings. The number of carboxylic acids is 1. The molecule has 0 atom stereocenters. The number of carboxylic acid groups (broad SMARTS) is 1. The van der Waals surface area contributed by atoms with Gasteiger partial charge in [0, 0.05) is 6.42 Å². The van der Waals surface area contributed by atoms with E-state index in [4.69, 9.17) is 5.11 Å². The molecule has 0 bridgehead atoms. The Kier molecular flexibility index (Phi) is 9.72. The van der Waals surface area contributed by atoms with Crippen LogP contribution in [0.1, 0.15) is 32.1 Å². The second-order valence-corrected chi connectivity index (χ2v) is 3.95. The summed E-state index contributed by atoms with van der Waals surface area (Å²) in [7, 11) is 0. The minimum absolute atomic E-state index is 0.246. The first kappa shape index (κ1) is 14.9. The summed E-state index contributed by atoms with van der Waals surface area (Å²) in [6.07, 6.45) is 7.95. The van der Waals surface area contributed by atoms with E-state index in [-0.39, 0.29) is 6.42 Å². The first-order valence-corrected chi connectivity index (χ1v) is 5.85. The van der Waals surface area contributed by atoms with Gasteiger partial charge < -0.3 is 10.4 Å². The molecule has 0 aromatic carbocycles. The summed E-state index contributed by atoms with van der Waals surface area (Å²) in [5.74, 6) is -0.111. The van der Waals surface area contributed by atoms with Crippen molar-refractivity contribution in [2.24, 2.45) is 5.92 Å². The number of hydrogen-bond acceptors (Lipinski definition) is 2. The van der Waals surface area contributed by atoms with Crippen LogP contribution in [0.3, 0.4) is 0 Å². The zero-order valence-electron chi connectivity index (χ0n) is 9.95. The largest absolute Gasteiger partial charge is 0.481 e. The van der Waals surface area contributed by atoms with Gasteiger partial charge in [-0.3, -0.25) is 4.79 Å². The van der Waals surface area contributed by atoms with Crippen molar-refractivity contribution in [3.8, 4) is 0 Å². The van der Waals surface area contributed by atoms with Crippen LogP contribution in [0.15, 0.2) is 25.3 Å². The van der Waals surface area contributed by atoms with Crippen molar-refractivity contribution < 1.29 is 9.90 Å². The molecule has 0 saturated heterocycles. The van der Waals surface area contributed by atoms with Crippen LogP contribution in [0.25, 0.3) is 0 Å². The predicted octanol–water partition coefficient (Wildman–Crippen LogP) is 2.60. The third-order valence-electron chi connectivity index (χ3n) is 2.47. The van der Waals surface area contributed by atoms with Gasteiger partial charge in [0.1, 0.15) is 0 Å². The maximum absolute atomic E-state index is 10.3. The molecule has 0 aromatic heterocycles. The molecule has 0 rings (SSSR count). The van der Waals surface area contributed by atoms with E-state index < -0.39 is 5.97 Å². The van der Waals surface area contributed by atoms with E-state index in [0.29, 0.717) is 12.3 Å². The van der Waals surface area contributed by atoms with Crippen molar-refractivity contribution in [3.05, 3.63) is 25.3 Å². The van der Waals surface area contributed by atoms with Crippen LogP contribution in [-0.4, -0.2) is 24.2 Å². The molecule has 0 aliphatic heterocycles. The van der Waals surface area contributed by atoms with Crippen LogP contribution in [0.4, 0.5) is 0 Å². The van der Waals surface area contributed by atoms with Gasteiger partial charge in [0.25, 0.3) is 0 Å². The van der Waals surface area contributed by atoms with Gasteiger partial charge in [-0.05, 0) is 44.7 Å². The van der Waals surface area contributed by atoms with Crippen molar-refractivity contribution >= 4 is 5.97 Å². The second kappa shape index (κ2) is 10.4. The minimum Gasteiger partial charge on any atom is -0.481 e. The quantitative estimate of drug-likeness (QED) is 0.420. The maximum Gasteiger partial charge on any atom is 0.303 e. The molecule has 0 unspecified atom stereocenters. The van der Waals surface area contributed by atoms with Gasteiger partial charge in [0.2, 0.25) is 0 Å². The molecular weight excluding hydrogens is 202 g/mol. The molecule has 16 heavy (non-hydrogen) atoms. The number of hydrogen-bond donors (Lipinski definition) is 2. The first-order chi connectivity index (χ1) is 7.70. The van der Waals surface area contributed by atoms with Crippen molar-refractivity contribution in [3.63, 3.8) is 0 Å². The predicted molar refractivity (Wildman–Crippen MR) is 67.5 cm³/mol. The highest BCUT2D eigenvalue weighted by Gasteiger charge is 2.04. The number of allylic oxidation sites excluding steroid dienone is 2. The monoisotopic (exact) mass is 225 g/mol. The second-order valence-electron chi connectivity index (χ2n) is 3.95. The average molecular weight is 225 g/mol. The maximum atomic E-state index is 10.3. The van der Waals surface area contributed by atoms with E-state index in [9.17, 15) is 4.79 Å². The Morgan fingerprint density at radius 2 is 1.88 bits per heavy atom. The van der Waals surface area contributed by atoms with Gasteiger partial charge in [0.05, 0.1) is 0 Å². The van der Waals surface area contributed by atoms with Crippen LogP contribution in [0, 0.1) is 5.92 Å². The molecule has 0 amide bonds. The average Bonchev–Trinajstić information content (AvgIpc) is 2.23. The van der Waals surface area contributed by atoms with Gasteiger partial charge >= 0.3 is 5.97 Å². The fraction of sp³-hybridized carbons (Fsp3) is 0.615. The van der Waals surface area contributed by atoms with Crippen molar-refractivity contribution in [2.45, 2.75) is 32.1 Å². The fourth-order valence-corrected chi connectivity index (χ4v) is 1.60. The number of nitrogens with one attached hydrogen (secondary N) is 1. The van der Waals surface area contributed by atoms with Crippen molar-refractivity contribution in [1.82, 2.24) is 5.32 Å². The lowest BCUT2D eigenvalue weighted by Crippen LogP contribution is -2.19. The van der Waals surface area contributed by atoms with Crippen LogP contribution < -0.4 is 5.32 Å². The Labute approximate surface area is 98.2 Å². The zero-order chi connectivity index (χ0) is 12.2. The lowest BCUT2D eigenvalue weighted by molar-refractivity contribution is -0.137. The van der Waals surface area contributed by atoms with Gasteiger partial charge in [-0.2, -0.15) is 0 Å². The summed E-state index contributed by atoms with van der Waals surface area (Å²) in [6, 6.07) is 0. The molecule has 0 fully saturated rings. The topological polar surface area (TPSA) is 49.3 Å². The van der Waals surface area contributed by atoms with Crippen LogP contribution in [0.5, 0.6) is 0 Å². The van der Waals surface area contributed by atoms with Gasteiger partial charge in [-0.1, -0.05) is 12.2 Å². The summed E-state index contributed by atoms with van der Waals surface area (Å²) < 4.78 is 0. The van der Waals surface area contributed by atoms with Crippen LogP contribution >= 0.6 is 0 Å². The molecule has 0 spiro atoms. The molecule has 0 aromatic rings. The van der Waals surface area contributed by atoms with E-state index in [0.717, 1.165) is 32.4 Å². The van der Waals surface area contributed by atoms with Gasteiger partial charge in [-0.25, -0.2) is 0 Å². The summed E-state index contributed by atoms with van der Waals surface area (Å²) in [5.41, 5.74) is 0. The Bertz CT molecular complexity index is 204. The number of rotatable bonds is 11. The lowest BCUT2D eigenvalue weighted by Gasteiger charge is -2.12. The highest BCUT2D eigenvalue weighted by Crippen LogP contribution is 2.13. The smallest absolute Gasteiger partial charge is 0.303 e.